The third-order valence-electron chi connectivity index (χ3n) is 3.54. The highest BCUT2D eigenvalue weighted by Crippen LogP contribution is 2.21. The van der Waals surface area contributed by atoms with Gasteiger partial charge in [-0.25, -0.2) is 0 Å². The molecule has 0 aliphatic rings. The fourth-order valence-corrected chi connectivity index (χ4v) is 2.29. The fraction of sp³-hybridized carbons (Fsp3) is 0.562. The number of anilines is 1. The highest BCUT2D eigenvalue weighted by Gasteiger charge is 2.25. The van der Waals surface area contributed by atoms with E-state index in [9.17, 15) is 4.79 Å². The lowest BCUT2D eigenvalue weighted by Gasteiger charge is -2.31. The van der Waals surface area contributed by atoms with E-state index >= 15 is 0 Å². The van der Waals surface area contributed by atoms with Crippen molar-refractivity contribution >= 4 is 11.6 Å². The SMILES string of the molecule is COCCN(C(=O)C(C)c1cccc(N)c1)C(C)COC. The smallest absolute Gasteiger partial charge is 0.230 e. The van der Waals surface area contributed by atoms with Crippen LogP contribution in [-0.4, -0.2) is 50.8 Å². The molecule has 1 aromatic carbocycles. The van der Waals surface area contributed by atoms with E-state index in [-0.39, 0.29) is 17.9 Å². The molecule has 0 aliphatic carbocycles. The number of nitrogens with zero attached hydrogens (tertiary/aromatic N) is 1. The number of amides is 1. The first-order valence-electron chi connectivity index (χ1n) is 7.15. The molecule has 1 aromatic rings. The molecule has 5 heteroatoms. The maximum absolute atomic E-state index is 12.8. The number of carbonyl (C=O) groups is 1. The number of nitrogens with two attached hydrogens (primary N) is 1. The van der Waals surface area contributed by atoms with E-state index in [1.165, 1.54) is 0 Å². The Balaban J connectivity index is 2.87. The number of carbonyl (C=O) groups excluding carboxylic acids is 1. The van der Waals surface area contributed by atoms with E-state index in [4.69, 9.17) is 15.2 Å². The quantitative estimate of drug-likeness (QED) is 0.744. The minimum Gasteiger partial charge on any atom is -0.399 e. The first-order chi connectivity index (χ1) is 10.0. The second-order valence-electron chi connectivity index (χ2n) is 5.22. The summed E-state index contributed by atoms with van der Waals surface area (Å²) in [7, 11) is 3.27. The van der Waals surface area contributed by atoms with Crippen LogP contribution in [0.5, 0.6) is 0 Å². The van der Waals surface area contributed by atoms with Crippen molar-refractivity contribution < 1.29 is 14.3 Å². The molecule has 5 nitrogen and oxygen atoms in total. The summed E-state index contributed by atoms with van der Waals surface area (Å²) in [5.74, 6) is -0.188. The molecule has 1 amide bonds. The summed E-state index contributed by atoms with van der Waals surface area (Å²) in [4.78, 5) is 14.6. The largest absolute Gasteiger partial charge is 0.399 e. The predicted molar refractivity (Wildman–Crippen MR) is 84.2 cm³/mol. The van der Waals surface area contributed by atoms with E-state index < -0.39 is 0 Å². The first kappa shape index (κ1) is 17.5. The zero-order chi connectivity index (χ0) is 15.8. The maximum atomic E-state index is 12.8. The number of nitrogen functional groups attached to an aromatic ring is 1. The van der Waals surface area contributed by atoms with Crippen LogP contribution in [0.1, 0.15) is 25.3 Å². The van der Waals surface area contributed by atoms with Crippen LogP contribution in [0.25, 0.3) is 0 Å². The fourth-order valence-electron chi connectivity index (χ4n) is 2.29. The summed E-state index contributed by atoms with van der Waals surface area (Å²) in [6.07, 6.45) is 0. The summed E-state index contributed by atoms with van der Waals surface area (Å²) in [5.41, 5.74) is 7.39. The van der Waals surface area contributed by atoms with Gasteiger partial charge in [-0.15, -0.1) is 0 Å². The van der Waals surface area contributed by atoms with Crippen molar-refractivity contribution in [3.05, 3.63) is 29.8 Å². The highest BCUT2D eigenvalue weighted by atomic mass is 16.5. The summed E-state index contributed by atoms with van der Waals surface area (Å²) in [6.45, 7) is 5.43. The summed E-state index contributed by atoms with van der Waals surface area (Å²) < 4.78 is 10.3. The number of hydrogen-bond donors (Lipinski definition) is 1. The van der Waals surface area contributed by atoms with E-state index in [2.05, 4.69) is 0 Å². The van der Waals surface area contributed by atoms with Gasteiger partial charge in [-0.2, -0.15) is 0 Å². The standard InChI is InChI=1S/C16H26N2O3/c1-12(11-21-4)18(8-9-20-3)16(19)13(2)14-6-5-7-15(17)10-14/h5-7,10,12-13H,8-9,11,17H2,1-4H3. The average molecular weight is 294 g/mol. The van der Waals surface area contributed by atoms with Crippen LogP contribution in [0.2, 0.25) is 0 Å². The van der Waals surface area contributed by atoms with Gasteiger partial charge in [0.05, 0.1) is 25.2 Å². The molecule has 2 unspecified atom stereocenters. The van der Waals surface area contributed by atoms with Gasteiger partial charge in [0.2, 0.25) is 5.91 Å². The van der Waals surface area contributed by atoms with E-state index in [0.717, 1.165) is 5.56 Å². The molecular weight excluding hydrogens is 268 g/mol. The van der Waals surface area contributed by atoms with E-state index in [1.807, 2.05) is 38.1 Å². The topological polar surface area (TPSA) is 64.8 Å². The maximum Gasteiger partial charge on any atom is 0.230 e. The zero-order valence-electron chi connectivity index (χ0n) is 13.3. The third-order valence-corrected chi connectivity index (χ3v) is 3.54. The lowest BCUT2D eigenvalue weighted by Crippen LogP contribution is -2.44. The molecular formula is C16H26N2O3. The second-order valence-corrected chi connectivity index (χ2v) is 5.22. The third kappa shape index (κ3) is 5.02. The molecule has 118 valence electrons. The van der Waals surface area contributed by atoms with Crippen molar-refractivity contribution in [3.8, 4) is 0 Å². The number of rotatable bonds is 8. The summed E-state index contributed by atoms with van der Waals surface area (Å²) >= 11 is 0. The zero-order valence-corrected chi connectivity index (χ0v) is 13.3. The van der Waals surface area contributed by atoms with Crippen LogP contribution in [-0.2, 0) is 14.3 Å². The van der Waals surface area contributed by atoms with Gasteiger partial charge in [0, 0.05) is 26.5 Å². The molecule has 0 radical (unpaired) electrons. The van der Waals surface area contributed by atoms with Crippen molar-refractivity contribution in [2.45, 2.75) is 25.8 Å². The second kappa shape index (κ2) is 8.64. The van der Waals surface area contributed by atoms with Gasteiger partial charge in [0.1, 0.15) is 0 Å². The van der Waals surface area contributed by atoms with Gasteiger partial charge in [-0.1, -0.05) is 12.1 Å². The molecule has 0 bridgehead atoms. The van der Waals surface area contributed by atoms with Crippen molar-refractivity contribution in [2.24, 2.45) is 0 Å². The number of hydrogen-bond acceptors (Lipinski definition) is 4. The number of methoxy groups -OCH3 is 2. The molecule has 0 aliphatic heterocycles. The van der Waals surface area contributed by atoms with Crippen LogP contribution in [0.4, 0.5) is 5.69 Å². The molecule has 1 rings (SSSR count). The molecule has 0 aromatic heterocycles. The van der Waals surface area contributed by atoms with Crippen LogP contribution >= 0.6 is 0 Å². The molecule has 0 saturated heterocycles. The Labute approximate surface area is 127 Å². The molecule has 2 N–H and O–H groups in total. The molecule has 21 heavy (non-hydrogen) atoms. The van der Waals surface area contributed by atoms with Crippen molar-refractivity contribution in [3.63, 3.8) is 0 Å². The van der Waals surface area contributed by atoms with Gasteiger partial charge in [0.25, 0.3) is 0 Å². The highest BCUT2D eigenvalue weighted by molar-refractivity contribution is 5.84. The monoisotopic (exact) mass is 294 g/mol. The Morgan fingerprint density at radius 2 is 2.00 bits per heavy atom. The number of ether oxygens (including phenoxy) is 2. The molecule has 2 atom stereocenters. The molecule has 0 spiro atoms. The Bertz CT molecular complexity index is 451. The normalized spacial score (nSPS) is 13.7. The minimum atomic E-state index is -0.246. The van der Waals surface area contributed by atoms with Crippen molar-refractivity contribution in [1.29, 1.82) is 0 Å². The van der Waals surface area contributed by atoms with Crippen LogP contribution in [0, 0.1) is 0 Å². The lowest BCUT2D eigenvalue weighted by molar-refractivity contribution is -0.136. The number of benzene rings is 1. The average Bonchev–Trinajstić information content (AvgIpc) is 2.47. The molecule has 0 heterocycles. The minimum absolute atomic E-state index is 0.00107. The molecule has 0 saturated carbocycles. The van der Waals surface area contributed by atoms with Gasteiger partial charge in [-0.05, 0) is 31.5 Å². The Morgan fingerprint density at radius 1 is 1.29 bits per heavy atom. The predicted octanol–water partition coefficient (Wildman–Crippen LogP) is 1.88. The summed E-state index contributed by atoms with van der Waals surface area (Å²) in [5, 5.41) is 0. The van der Waals surface area contributed by atoms with Gasteiger partial charge < -0.3 is 20.1 Å². The van der Waals surface area contributed by atoms with E-state index in [0.29, 0.717) is 25.4 Å². The Hall–Kier alpha value is -1.59. The van der Waals surface area contributed by atoms with Crippen LogP contribution in [0.15, 0.2) is 24.3 Å². The van der Waals surface area contributed by atoms with Crippen molar-refractivity contribution in [1.82, 2.24) is 4.90 Å². The lowest BCUT2D eigenvalue weighted by atomic mass is 9.98. The van der Waals surface area contributed by atoms with Gasteiger partial charge >= 0.3 is 0 Å². The van der Waals surface area contributed by atoms with Gasteiger partial charge in [-0.3, -0.25) is 4.79 Å². The molecule has 0 fully saturated rings. The Kier molecular flexibility index (Phi) is 7.19. The Morgan fingerprint density at radius 3 is 2.57 bits per heavy atom. The van der Waals surface area contributed by atoms with Crippen LogP contribution in [0.3, 0.4) is 0 Å². The van der Waals surface area contributed by atoms with Crippen molar-refractivity contribution in [2.75, 3.05) is 39.7 Å². The van der Waals surface area contributed by atoms with Crippen LogP contribution < -0.4 is 5.73 Å². The van der Waals surface area contributed by atoms with Gasteiger partial charge in [0.15, 0.2) is 0 Å². The summed E-state index contributed by atoms with van der Waals surface area (Å²) in [6, 6.07) is 7.46. The van der Waals surface area contributed by atoms with E-state index in [1.54, 1.807) is 19.1 Å². The first-order valence-corrected chi connectivity index (χ1v) is 7.15.